The van der Waals surface area contributed by atoms with Crippen LogP contribution in [0.1, 0.15) is 0 Å². The lowest BCUT2D eigenvalue weighted by molar-refractivity contribution is 0.254. The maximum absolute atomic E-state index is 12.1. The number of carbonyl (C=O) groups excluding carboxylic acids is 1. The van der Waals surface area contributed by atoms with Crippen LogP contribution in [0.15, 0.2) is 67.0 Å². The molecule has 2 aromatic carbocycles. The van der Waals surface area contributed by atoms with Crippen molar-refractivity contribution in [3.8, 4) is 11.3 Å². The molecule has 27 heavy (non-hydrogen) atoms. The minimum absolute atomic E-state index is 0.416. The standard InChI is InChI=1S/C18H14ClN7O/c19-13-6-8-14(9-7-13)22-18(27)25-24-16-10-15(12-4-2-1-3-5-12)23-17-20-11-21-26(16)17/h1-11,24H,(H2,22,25,27). The topological polar surface area (TPSA) is 96.2 Å². The van der Waals surface area contributed by atoms with E-state index in [1.54, 1.807) is 30.3 Å². The summed E-state index contributed by atoms with van der Waals surface area (Å²) in [4.78, 5) is 20.7. The number of fused-ring (bicyclic) bond motifs is 1. The van der Waals surface area contributed by atoms with Gasteiger partial charge in [-0.05, 0) is 24.3 Å². The number of amides is 2. The van der Waals surface area contributed by atoms with Gasteiger partial charge in [0.05, 0.1) is 5.69 Å². The molecule has 0 aliphatic carbocycles. The van der Waals surface area contributed by atoms with Crippen molar-refractivity contribution in [2.45, 2.75) is 0 Å². The van der Waals surface area contributed by atoms with Crippen molar-refractivity contribution in [1.29, 1.82) is 0 Å². The van der Waals surface area contributed by atoms with Gasteiger partial charge in [-0.15, -0.1) is 0 Å². The van der Waals surface area contributed by atoms with E-state index in [1.807, 2.05) is 30.3 Å². The first kappa shape index (κ1) is 16.8. The van der Waals surface area contributed by atoms with Crippen LogP contribution in [0.25, 0.3) is 17.0 Å². The van der Waals surface area contributed by atoms with Crippen LogP contribution in [0, 0.1) is 0 Å². The number of aromatic nitrogens is 4. The van der Waals surface area contributed by atoms with Crippen molar-refractivity contribution < 1.29 is 4.79 Å². The number of hydrogen-bond acceptors (Lipinski definition) is 5. The summed E-state index contributed by atoms with van der Waals surface area (Å²) in [5.74, 6) is 0.932. The Morgan fingerprint density at radius 3 is 2.59 bits per heavy atom. The number of rotatable bonds is 4. The zero-order chi connectivity index (χ0) is 18.6. The fourth-order valence-corrected chi connectivity index (χ4v) is 2.60. The smallest absolute Gasteiger partial charge is 0.307 e. The minimum Gasteiger partial charge on any atom is -0.307 e. The SMILES string of the molecule is O=C(NNc1cc(-c2ccccc2)nc2ncnn12)Nc1ccc(Cl)cc1. The third-order valence-electron chi connectivity index (χ3n) is 3.73. The highest BCUT2D eigenvalue weighted by atomic mass is 35.5. The second-order valence-electron chi connectivity index (χ2n) is 5.58. The summed E-state index contributed by atoms with van der Waals surface area (Å²) in [6.07, 6.45) is 1.40. The molecule has 2 heterocycles. The molecule has 0 radical (unpaired) electrons. The van der Waals surface area contributed by atoms with Crippen molar-refractivity contribution >= 4 is 34.9 Å². The molecule has 0 aliphatic heterocycles. The van der Waals surface area contributed by atoms with E-state index in [0.29, 0.717) is 28.0 Å². The summed E-state index contributed by atoms with van der Waals surface area (Å²) >= 11 is 5.84. The Labute approximate surface area is 159 Å². The van der Waals surface area contributed by atoms with Gasteiger partial charge in [0.25, 0.3) is 5.78 Å². The van der Waals surface area contributed by atoms with E-state index in [2.05, 4.69) is 31.2 Å². The fraction of sp³-hybridized carbons (Fsp3) is 0. The molecule has 0 fully saturated rings. The maximum Gasteiger partial charge on any atom is 0.337 e. The van der Waals surface area contributed by atoms with E-state index in [0.717, 1.165) is 5.56 Å². The van der Waals surface area contributed by atoms with Gasteiger partial charge >= 0.3 is 6.03 Å². The van der Waals surface area contributed by atoms with E-state index in [-0.39, 0.29) is 0 Å². The van der Waals surface area contributed by atoms with Crippen molar-refractivity contribution in [1.82, 2.24) is 25.0 Å². The van der Waals surface area contributed by atoms with Gasteiger partial charge in [0.1, 0.15) is 6.33 Å². The first-order valence-electron chi connectivity index (χ1n) is 8.04. The zero-order valence-electron chi connectivity index (χ0n) is 13.9. The number of benzene rings is 2. The van der Waals surface area contributed by atoms with Gasteiger partial charge < -0.3 is 5.32 Å². The average Bonchev–Trinajstić information content (AvgIpc) is 3.17. The predicted octanol–water partition coefficient (Wildman–Crippen LogP) is 3.59. The van der Waals surface area contributed by atoms with Gasteiger partial charge in [-0.25, -0.2) is 9.78 Å². The van der Waals surface area contributed by atoms with Crippen LogP contribution in [0.3, 0.4) is 0 Å². The van der Waals surface area contributed by atoms with E-state index in [4.69, 9.17) is 11.6 Å². The van der Waals surface area contributed by atoms with E-state index >= 15 is 0 Å². The molecular weight excluding hydrogens is 366 g/mol. The molecule has 9 heteroatoms. The molecule has 0 bridgehead atoms. The molecule has 4 rings (SSSR count). The highest BCUT2D eigenvalue weighted by Gasteiger charge is 2.10. The predicted molar refractivity (Wildman–Crippen MR) is 103 cm³/mol. The highest BCUT2D eigenvalue weighted by molar-refractivity contribution is 6.30. The van der Waals surface area contributed by atoms with Crippen molar-refractivity contribution in [2.75, 3.05) is 10.7 Å². The third-order valence-corrected chi connectivity index (χ3v) is 3.98. The monoisotopic (exact) mass is 379 g/mol. The Hall–Kier alpha value is -3.65. The molecule has 4 aromatic rings. The number of carbonyl (C=O) groups is 1. The Kier molecular flexibility index (Phi) is 4.54. The number of nitrogens with one attached hydrogen (secondary N) is 3. The average molecular weight is 380 g/mol. The first-order chi connectivity index (χ1) is 13.2. The van der Waals surface area contributed by atoms with Crippen LogP contribution in [0.5, 0.6) is 0 Å². The Morgan fingerprint density at radius 2 is 1.81 bits per heavy atom. The second kappa shape index (κ2) is 7.30. The van der Waals surface area contributed by atoms with Crippen molar-refractivity contribution in [3.63, 3.8) is 0 Å². The van der Waals surface area contributed by atoms with Gasteiger partial charge in [0, 0.05) is 22.3 Å². The van der Waals surface area contributed by atoms with E-state index in [9.17, 15) is 4.79 Å². The van der Waals surface area contributed by atoms with Crippen LogP contribution >= 0.6 is 11.6 Å². The maximum atomic E-state index is 12.1. The van der Waals surface area contributed by atoms with Crippen LogP contribution in [0.2, 0.25) is 5.02 Å². The lowest BCUT2D eigenvalue weighted by Crippen LogP contribution is -2.34. The first-order valence-corrected chi connectivity index (χ1v) is 8.41. The summed E-state index contributed by atoms with van der Waals surface area (Å²) in [5, 5.41) is 7.41. The molecular formula is C18H14ClN7O. The van der Waals surface area contributed by atoms with Crippen molar-refractivity contribution in [2.24, 2.45) is 0 Å². The number of halogens is 1. The van der Waals surface area contributed by atoms with E-state index in [1.165, 1.54) is 10.8 Å². The van der Waals surface area contributed by atoms with E-state index < -0.39 is 6.03 Å². The summed E-state index contributed by atoms with van der Waals surface area (Å²) in [6.45, 7) is 0. The fourth-order valence-electron chi connectivity index (χ4n) is 2.47. The van der Waals surface area contributed by atoms with Gasteiger partial charge in [-0.3, -0.25) is 10.9 Å². The Bertz CT molecular complexity index is 1080. The molecule has 0 aliphatic rings. The van der Waals surface area contributed by atoms with Gasteiger partial charge in [-0.2, -0.15) is 14.6 Å². The molecule has 0 unspecified atom stereocenters. The molecule has 2 aromatic heterocycles. The number of anilines is 2. The van der Waals surface area contributed by atoms with Gasteiger partial charge in [0.15, 0.2) is 5.82 Å². The summed E-state index contributed by atoms with van der Waals surface area (Å²) in [6, 6.07) is 17.8. The summed E-state index contributed by atoms with van der Waals surface area (Å²) in [7, 11) is 0. The molecule has 2 amide bonds. The molecule has 0 spiro atoms. The number of urea groups is 1. The van der Waals surface area contributed by atoms with Crippen molar-refractivity contribution in [3.05, 3.63) is 72.0 Å². The molecule has 0 saturated carbocycles. The van der Waals surface area contributed by atoms with Gasteiger partial charge in [0.2, 0.25) is 0 Å². The Balaban J connectivity index is 1.53. The third kappa shape index (κ3) is 3.80. The molecule has 0 atom stereocenters. The normalized spacial score (nSPS) is 10.6. The molecule has 3 N–H and O–H groups in total. The van der Waals surface area contributed by atoms with Gasteiger partial charge in [-0.1, -0.05) is 41.9 Å². The van der Waals surface area contributed by atoms with Crippen LogP contribution < -0.4 is 16.2 Å². The molecule has 134 valence electrons. The summed E-state index contributed by atoms with van der Waals surface area (Å²) in [5.41, 5.74) is 7.67. The zero-order valence-corrected chi connectivity index (χ0v) is 14.7. The van der Waals surface area contributed by atoms with Crippen LogP contribution in [-0.2, 0) is 0 Å². The Morgan fingerprint density at radius 1 is 1.04 bits per heavy atom. The van der Waals surface area contributed by atoms with Crippen LogP contribution in [0.4, 0.5) is 16.3 Å². The minimum atomic E-state index is -0.441. The second-order valence-corrected chi connectivity index (χ2v) is 6.01. The largest absolute Gasteiger partial charge is 0.337 e. The molecule has 0 saturated heterocycles. The lowest BCUT2D eigenvalue weighted by atomic mass is 10.1. The molecule has 8 nitrogen and oxygen atoms in total. The lowest BCUT2D eigenvalue weighted by Gasteiger charge is -2.12. The number of hydrogen-bond donors (Lipinski definition) is 3. The summed E-state index contributed by atoms with van der Waals surface area (Å²) < 4.78 is 1.50. The number of hydrazine groups is 1. The van der Waals surface area contributed by atoms with Crippen LogP contribution in [-0.4, -0.2) is 25.6 Å². The highest BCUT2D eigenvalue weighted by Crippen LogP contribution is 2.20. The quantitative estimate of drug-likeness (QED) is 0.471. The number of nitrogens with zero attached hydrogens (tertiary/aromatic N) is 4.